The Bertz CT molecular complexity index is 240. The average Bonchev–Trinajstić information content (AvgIpc) is 1.95. The average molecular weight is 138 g/mol. The van der Waals surface area contributed by atoms with Crippen molar-refractivity contribution in [2.75, 3.05) is 6.54 Å². The second kappa shape index (κ2) is 2.43. The van der Waals surface area contributed by atoms with Crippen LogP contribution in [0, 0.1) is 0 Å². The van der Waals surface area contributed by atoms with E-state index in [9.17, 15) is 4.79 Å². The van der Waals surface area contributed by atoms with Crippen LogP contribution in [0.5, 0.6) is 0 Å². The van der Waals surface area contributed by atoms with Crippen LogP contribution in [0.1, 0.15) is 0 Å². The molecule has 0 atom stereocenters. The van der Waals surface area contributed by atoms with Crippen LogP contribution in [-0.4, -0.2) is 30.4 Å². The van der Waals surface area contributed by atoms with E-state index in [0.29, 0.717) is 0 Å². The fourth-order valence-electron chi connectivity index (χ4n) is 0.618. The summed E-state index contributed by atoms with van der Waals surface area (Å²) in [4.78, 5) is 17.7. The smallest absolute Gasteiger partial charge is 0.239 e. The fraction of sp³-hybridized carbons (Fsp3) is 0.167. The Morgan fingerprint density at radius 3 is 3.00 bits per heavy atom. The number of hydrogen-bond donors (Lipinski definition) is 1. The first-order valence-electron chi connectivity index (χ1n) is 2.68. The lowest BCUT2D eigenvalue weighted by Gasteiger charge is -2.03. The van der Waals surface area contributed by atoms with E-state index in [1.807, 2.05) is 0 Å². The summed E-state index contributed by atoms with van der Waals surface area (Å²) in [7, 11) is 0. The molecule has 0 spiro atoms. The molecule has 1 aliphatic heterocycles. The van der Waals surface area contributed by atoms with Crippen molar-refractivity contribution in [1.29, 1.82) is 0 Å². The van der Waals surface area contributed by atoms with E-state index in [-0.39, 0.29) is 18.0 Å². The van der Waals surface area contributed by atoms with Crippen LogP contribution in [0.15, 0.2) is 21.4 Å². The number of aliphatic hydroxyl groups is 1. The summed E-state index contributed by atoms with van der Waals surface area (Å²) in [6, 6.07) is 0. The molecule has 10 heavy (non-hydrogen) atoms. The normalized spacial score (nSPS) is 17.8. The topological polar surface area (TPSA) is 62.0 Å². The Labute approximate surface area is 57.6 Å². The highest BCUT2D eigenvalue weighted by Gasteiger charge is 2.14. The van der Waals surface area contributed by atoms with Crippen molar-refractivity contribution < 1.29 is 9.90 Å². The number of aliphatic hydroxyl groups excluding tert-OH is 1. The van der Waals surface area contributed by atoms with Crippen LogP contribution >= 0.6 is 0 Å². The molecular formula is C6H6N2O2. The zero-order chi connectivity index (χ0) is 7.56. The highest BCUT2D eigenvalue weighted by atomic mass is 16.3. The Hall–Kier alpha value is -1.45. The number of nitrogens with zero attached hydrogens (tertiary/aromatic N) is 2. The molecule has 0 saturated carbocycles. The molecule has 1 N–H and O–H groups in total. The molecule has 1 aliphatic rings. The Morgan fingerprint density at radius 1 is 1.80 bits per heavy atom. The molecule has 0 bridgehead atoms. The van der Waals surface area contributed by atoms with Crippen LogP contribution in [0.4, 0.5) is 0 Å². The minimum Gasteiger partial charge on any atom is -0.503 e. The molecule has 0 aromatic carbocycles. The molecule has 4 heteroatoms. The summed E-state index contributed by atoms with van der Waals surface area (Å²) >= 11 is 0. The van der Waals surface area contributed by atoms with Crippen LogP contribution in [0.2, 0.25) is 0 Å². The largest absolute Gasteiger partial charge is 0.503 e. The summed E-state index contributed by atoms with van der Waals surface area (Å²) in [5.41, 5.74) is 0.243. The standard InChI is InChI=1S/C6H6N2O2/c1-7-4-2-8-3-5(9)6(4)10/h3,10H,1-2H2. The molecule has 1 rings (SSSR count). The van der Waals surface area contributed by atoms with Gasteiger partial charge in [0.25, 0.3) is 0 Å². The molecule has 4 nitrogen and oxygen atoms in total. The summed E-state index contributed by atoms with van der Waals surface area (Å²) < 4.78 is 0. The summed E-state index contributed by atoms with van der Waals surface area (Å²) in [5, 5.41) is 8.94. The monoisotopic (exact) mass is 138 g/mol. The van der Waals surface area contributed by atoms with Crippen molar-refractivity contribution in [2.45, 2.75) is 0 Å². The summed E-state index contributed by atoms with van der Waals surface area (Å²) in [6.07, 6.45) is 1.07. The third-order valence-electron chi connectivity index (χ3n) is 1.15. The van der Waals surface area contributed by atoms with Crippen LogP contribution in [-0.2, 0) is 4.79 Å². The molecule has 0 aliphatic carbocycles. The molecule has 0 fully saturated rings. The van der Waals surface area contributed by atoms with Gasteiger partial charge in [-0.25, -0.2) is 0 Å². The Morgan fingerprint density at radius 2 is 2.50 bits per heavy atom. The van der Waals surface area contributed by atoms with Crippen molar-refractivity contribution in [1.82, 2.24) is 0 Å². The second-order valence-corrected chi connectivity index (χ2v) is 1.79. The van der Waals surface area contributed by atoms with E-state index in [1.54, 1.807) is 0 Å². The zero-order valence-electron chi connectivity index (χ0n) is 5.24. The molecule has 1 heterocycles. The van der Waals surface area contributed by atoms with Crippen LogP contribution < -0.4 is 0 Å². The second-order valence-electron chi connectivity index (χ2n) is 1.79. The Balaban J connectivity index is 2.98. The number of hydrogen-bond acceptors (Lipinski definition) is 4. The van der Waals surface area contributed by atoms with Gasteiger partial charge in [0.1, 0.15) is 5.70 Å². The van der Waals surface area contributed by atoms with Gasteiger partial charge >= 0.3 is 0 Å². The van der Waals surface area contributed by atoms with E-state index in [0.717, 1.165) is 6.21 Å². The van der Waals surface area contributed by atoms with Crippen molar-refractivity contribution >= 4 is 18.7 Å². The SMILES string of the molecule is C=NC1=C(O)C(=O)C=NC1. The molecule has 0 saturated heterocycles. The van der Waals surface area contributed by atoms with Crippen molar-refractivity contribution in [3.8, 4) is 0 Å². The first kappa shape index (κ1) is 6.67. The van der Waals surface area contributed by atoms with Gasteiger partial charge in [-0.05, 0) is 6.72 Å². The predicted octanol–water partition coefficient (Wildman–Crippen LogP) is 0.110. The quantitative estimate of drug-likeness (QED) is 0.523. The van der Waals surface area contributed by atoms with Gasteiger partial charge < -0.3 is 5.11 Å². The maximum absolute atomic E-state index is 10.6. The fourth-order valence-corrected chi connectivity index (χ4v) is 0.618. The summed E-state index contributed by atoms with van der Waals surface area (Å²) in [5.74, 6) is -0.848. The molecule has 0 amide bonds. The lowest BCUT2D eigenvalue weighted by molar-refractivity contribution is -0.111. The predicted molar refractivity (Wildman–Crippen MR) is 37.6 cm³/mol. The van der Waals surface area contributed by atoms with E-state index < -0.39 is 5.78 Å². The number of ketones is 1. The molecule has 0 unspecified atom stereocenters. The van der Waals surface area contributed by atoms with Crippen molar-refractivity contribution in [3.63, 3.8) is 0 Å². The number of dihydropyridines is 1. The number of Topliss-reactive ketones (excluding diaryl/α,β-unsaturated/α-hetero) is 1. The lowest BCUT2D eigenvalue weighted by Crippen LogP contribution is -2.12. The number of carbonyl (C=O) groups is 1. The van der Waals surface area contributed by atoms with E-state index in [2.05, 4.69) is 16.7 Å². The van der Waals surface area contributed by atoms with Crippen molar-refractivity contribution in [3.05, 3.63) is 11.5 Å². The zero-order valence-corrected chi connectivity index (χ0v) is 5.24. The van der Waals surface area contributed by atoms with E-state index >= 15 is 0 Å². The maximum Gasteiger partial charge on any atom is 0.239 e. The van der Waals surface area contributed by atoms with Gasteiger partial charge in [0.15, 0.2) is 5.76 Å². The maximum atomic E-state index is 10.6. The van der Waals surface area contributed by atoms with Crippen LogP contribution in [0.3, 0.4) is 0 Å². The third kappa shape index (κ3) is 0.953. The number of carbonyl (C=O) groups excluding carboxylic acids is 1. The first-order chi connectivity index (χ1) is 4.75. The van der Waals surface area contributed by atoms with Gasteiger partial charge in [0, 0.05) is 0 Å². The highest BCUT2D eigenvalue weighted by molar-refractivity contribution is 6.35. The first-order valence-corrected chi connectivity index (χ1v) is 2.68. The highest BCUT2D eigenvalue weighted by Crippen LogP contribution is 2.07. The van der Waals surface area contributed by atoms with Gasteiger partial charge in [-0.1, -0.05) is 0 Å². The third-order valence-corrected chi connectivity index (χ3v) is 1.15. The molecule has 0 aromatic heterocycles. The van der Waals surface area contributed by atoms with Gasteiger partial charge in [-0.3, -0.25) is 14.8 Å². The van der Waals surface area contributed by atoms with Gasteiger partial charge in [0.05, 0.1) is 12.8 Å². The van der Waals surface area contributed by atoms with E-state index in [4.69, 9.17) is 5.11 Å². The van der Waals surface area contributed by atoms with Crippen LogP contribution in [0.25, 0.3) is 0 Å². The van der Waals surface area contributed by atoms with E-state index in [1.165, 1.54) is 0 Å². The molecule has 0 aromatic rings. The van der Waals surface area contributed by atoms with Gasteiger partial charge in [0.2, 0.25) is 5.78 Å². The minimum absolute atomic E-state index is 0.237. The van der Waals surface area contributed by atoms with Gasteiger partial charge in [-0.15, -0.1) is 0 Å². The number of allylic oxidation sites excluding steroid dienone is 1. The summed E-state index contributed by atoms with van der Waals surface area (Å²) in [6.45, 7) is 3.41. The number of rotatable bonds is 1. The van der Waals surface area contributed by atoms with Crippen molar-refractivity contribution in [2.24, 2.45) is 9.98 Å². The molecular weight excluding hydrogens is 132 g/mol. The molecule has 0 radical (unpaired) electrons. The minimum atomic E-state index is -0.506. The Kier molecular flexibility index (Phi) is 1.62. The molecule has 52 valence electrons. The lowest BCUT2D eigenvalue weighted by atomic mass is 10.2. The number of aliphatic imine (C=N–C) groups is 2. The van der Waals surface area contributed by atoms with Gasteiger partial charge in [-0.2, -0.15) is 0 Å².